The predicted molar refractivity (Wildman–Crippen MR) is 87.5 cm³/mol. The van der Waals surface area contributed by atoms with E-state index in [2.05, 4.69) is 42.7 Å². The molecule has 0 unspecified atom stereocenters. The van der Waals surface area contributed by atoms with Crippen LogP contribution in [0.3, 0.4) is 0 Å². The summed E-state index contributed by atoms with van der Waals surface area (Å²) in [5.74, 6) is 0. The van der Waals surface area contributed by atoms with Gasteiger partial charge in [-0.2, -0.15) is 0 Å². The largest absolute Gasteiger partial charge is 0.389 e. The van der Waals surface area contributed by atoms with E-state index >= 15 is 0 Å². The molecule has 1 aliphatic carbocycles. The van der Waals surface area contributed by atoms with Gasteiger partial charge < -0.3 is 15.7 Å². The molecule has 0 atom stereocenters. The van der Waals surface area contributed by atoms with Crippen LogP contribution in [-0.2, 0) is 13.0 Å². The lowest BCUT2D eigenvalue weighted by Crippen LogP contribution is -2.44. The van der Waals surface area contributed by atoms with Crippen LogP contribution < -0.4 is 10.6 Å². The average Bonchev–Trinajstić information content (AvgIpc) is 2.92. The number of hydrogen-bond acceptors (Lipinski definition) is 3. The van der Waals surface area contributed by atoms with Gasteiger partial charge in [0.1, 0.15) is 0 Å². The Hall–Kier alpha value is -1.06. The Morgan fingerprint density at radius 1 is 1.19 bits per heavy atom. The van der Waals surface area contributed by atoms with Crippen LogP contribution in [0.15, 0.2) is 18.2 Å². The fraction of sp³-hybridized carbons (Fsp3) is 0.667. The minimum absolute atomic E-state index is 0.399. The Bertz CT molecular complexity index is 500. The summed E-state index contributed by atoms with van der Waals surface area (Å²) in [5.41, 5.74) is 3.94. The van der Waals surface area contributed by atoms with Gasteiger partial charge in [0.25, 0.3) is 0 Å². The second kappa shape index (κ2) is 5.62. The molecule has 1 aromatic rings. The van der Waals surface area contributed by atoms with Crippen LogP contribution in [0.1, 0.15) is 50.7 Å². The number of fused-ring (bicyclic) bond motifs is 1. The third-order valence-electron chi connectivity index (χ3n) is 5.24. The van der Waals surface area contributed by atoms with E-state index in [-0.39, 0.29) is 0 Å². The van der Waals surface area contributed by atoms with Crippen LogP contribution in [0.4, 0.5) is 5.69 Å². The van der Waals surface area contributed by atoms with Crippen molar-refractivity contribution in [3.63, 3.8) is 0 Å². The summed E-state index contributed by atoms with van der Waals surface area (Å²) in [6.07, 6.45) is 5.19. The Labute approximate surface area is 128 Å². The third-order valence-corrected chi connectivity index (χ3v) is 5.24. The zero-order chi connectivity index (χ0) is 14.9. The molecule has 2 aliphatic rings. The molecule has 21 heavy (non-hydrogen) atoms. The predicted octanol–water partition coefficient (Wildman–Crippen LogP) is 3.08. The maximum Gasteiger partial charge on any atom is 0.0772 e. The Kier molecular flexibility index (Phi) is 3.98. The quantitative estimate of drug-likeness (QED) is 0.798. The normalized spacial score (nSPS) is 22.6. The summed E-state index contributed by atoms with van der Waals surface area (Å²) in [4.78, 5) is 0. The van der Waals surface area contributed by atoms with Crippen molar-refractivity contribution in [3.05, 3.63) is 29.3 Å². The van der Waals surface area contributed by atoms with Gasteiger partial charge in [0, 0.05) is 25.3 Å². The minimum Gasteiger partial charge on any atom is -0.389 e. The zero-order valence-corrected chi connectivity index (χ0v) is 13.3. The van der Waals surface area contributed by atoms with Gasteiger partial charge in [-0.05, 0) is 48.6 Å². The first kappa shape index (κ1) is 14.9. The van der Waals surface area contributed by atoms with Crippen LogP contribution in [0.25, 0.3) is 0 Å². The summed E-state index contributed by atoms with van der Waals surface area (Å²) < 4.78 is 0. The molecule has 0 amide bonds. The molecular formula is C18H28N2O. The SMILES string of the molecule is CC1(C)CCC(O)(CNCc2cccc3c2NCC3)CC1. The number of hydrogen-bond donors (Lipinski definition) is 3. The molecule has 0 aromatic heterocycles. The molecule has 1 heterocycles. The fourth-order valence-electron chi connectivity index (χ4n) is 3.56. The van der Waals surface area contributed by atoms with Crippen LogP contribution in [0.2, 0.25) is 0 Å². The monoisotopic (exact) mass is 288 g/mol. The highest BCUT2D eigenvalue weighted by Crippen LogP contribution is 2.39. The Morgan fingerprint density at radius 2 is 1.95 bits per heavy atom. The van der Waals surface area contributed by atoms with Gasteiger partial charge in [-0.15, -0.1) is 0 Å². The Balaban J connectivity index is 1.54. The van der Waals surface area contributed by atoms with Crippen LogP contribution in [0, 0.1) is 5.41 Å². The van der Waals surface area contributed by atoms with Crippen LogP contribution >= 0.6 is 0 Å². The average molecular weight is 288 g/mol. The molecule has 0 saturated heterocycles. The van der Waals surface area contributed by atoms with E-state index in [1.165, 1.54) is 16.8 Å². The van der Waals surface area contributed by atoms with Crippen molar-refractivity contribution in [2.24, 2.45) is 5.41 Å². The molecule has 116 valence electrons. The standard InChI is InChI=1S/C18H28N2O/c1-17(2)7-9-18(21,10-8-17)13-19-12-15-5-3-4-14-6-11-20-16(14)15/h3-5,19-21H,6-13H2,1-2H3. The highest BCUT2D eigenvalue weighted by molar-refractivity contribution is 5.61. The lowest BCUT2D eigenvalue weighted by Gasteiger charge is -2.40. The van der Waals surface area contributed by atoms with Gasteiger partial charge in [0.05, 0.1) is 5.60 Å². The first-order valence-corrected chi connectivity index (χ1v) is 8.25. The second-order valence-electron chi connectivity index (χ2n) is 7.62. The lowest BCUT2D eigenvalue weighted by atomic mass is 9.71. The van der Waals surface area contributed by atoms with Crippen LogP contribution in [0.5, 0.6) is 0 Å². The van der Waals surface area contributed by atoms with Gasteiger partial charge >= 0.3 is 0 Å². The molecule has 1 aromatic carbocycles. The van der Waals surface area contributed by atoms with Crippen molar-refractivity contribution in [1.29, 1.82) is 0 Å². The van der Waals surface area contributed by atoms with Crippen molar-refractivity contribution in [3.8, 4) is 0 Å². The van der Waals surface area contributed by atoms with E-state index in [4.69, 9.17) is 0 Å². The summed E-state index contributed by atoms with van der Waals surface area (Å²) >= 11 is 0. The lowest BCUT2D eigenvalue weighted by molar-refractivity contribution is -0.0245. The first-order valence-electron chi connectivity index (χ1n) is 8.25. The van der Waals surface area contributed by atoms with E-state index in [9.17, 15) is 5.11 Å². The molecular weight excluding hydrogens is 260 g/mol. The van der Waals surface area contributed by atoms with Gasteiger partial charge in [-0.25, -0.2) is 0 Å². The highest BCUT2D eigenvalue weighted by atomic mass is 16.3. The molecule has 0 spiro atoms. The maximum absolute atomic E-state index is 10.7. The molecule has 1 saturated carbocycles. The number of nitrogens with one attached hydrogen (secondary N) is 2. The fourth-order valence-corrected chi connectivity index (χ4v) is 3.56. The summed E-state index contributed by atoms with van der Waals surface area (Å²) in [7, 11) is 0. The summed E-state index contributed by atoms with van der Waals surface area (Å²) in [6, 6.07) is 6.52. The number of para-hydroxylation sites is 1. The summed E-state index contributed by atoms with van der Waals surface area (Å²) in [6.45, 7) is 7.19. The first-order chi connectivity index (χ1) is 9.98. The number of anilines is 1. The van der Waals surface area contributed by atoms with Crippen molar-refractivity contribution in [2.75, 3.05) is 18.4 Å². The number of benzene rings is 1. The maximum atomic E-state index is 10.7. The highest BCUT2D eigenvalue weighted by Gasteiger charge is 2.36. The smallest absolute Gasteiger partial charge is 0.0772 e. The molecule has 3 N–H and O–H groups in total. The summed E-state index contributed by atoms with van der Waals surface area (Å²) in [5, 5.41) is 17.7. The molecule has 3 nitrogen and oxygen atoms in total. The molecule has 3 rings (SSSR count). The molecule has 3 heteroatoms. The van der Waals surface area contributed by atoms with Gasteiger partial charge in [-0.3, -0.25) is 0 Å². The molecule has 0 bridgehead atoms. The topological polar surface area (TPSA) is 44.3 Å². The minimum atomic E-state index is -0.513. The van der Waals surface area contributed by atoms with Crippen molar-refractivity contribution in [1.82, 2.24) is 5.32 Å². The van der Waals surface area contributed by atoms with E-state index in [0.29, 0.717) is 12.0 Å². The van der Waals surface area contributed by atoms with Crippen LogP contribution in [-0.4, -0.2) is 23.8 Å². The van der Waals surface area contributed by atoms with Crippen molar-refractivity contribution >= 4 is 5.69 Å². The van der Waals surface area contributed by atoms with Crippen molar-refractivity contribution < 1.29 is 5.11 Å². The van der Waals surface area contributed by atoms with Crippen molar-refractivity contribution in [2.45, 2.75) is 58.1 Å². The number of aliphatic hydroxyl groups is 1. The third kappa shape index (κ3) is 3.41. The Morgan fingerprint density at radius 3 is 2.71 bits per heavy atom. The molecule has 1 fully saturated rings. The zero-order valence-electron chi connectivity index (χ0n) is 13.3. The number of rotatable bonds is 4. The van der Waals surface area contributed by atoms with E-state index in [1.807, 2.05) is 0 Å². The van der Waals surface area contributed by atoms with E-state index in [0.717, 1.165) is 45.2 Å². The second-order valence-corrected chi connectivity index (χ2v) is 7.62. The van der Waals surface area contributed by atoms with Gasteiger partial charge in [-0.1, -0.05) is 32.0 Å². The molecule has 0 radical (unpaired) electrons. The van der Waals surface area contributed by atoms with E-state index in [1.54, 1.807) is 0 Å². The molecule has 1 aliphatic heterocycles. The van der Waals surface area contributed by atoms with Gasteiger partial charge in [0.2, 0.25) is 0 Å². The van der Waals surface area contributed by atoms with Gasteiger partial charge in [0.15, 0.2) is 0 Å². The van der Waals surface area contributed by atoms with E-state index < -0.39 is 5.60 Å².